The third kappa shape index (κ3) is 4.56. The van der Waals surface area contributed by atoms with Gasteiger partial charge in [-0.05, 0) is 42.4 Å². The van der Waals surface area contributed by atoms with Gasteiger partial charge in [-0.3, -0.25) is 14.5 Å². The predicted octanol–water partition coefficient (Wildman–Crippen LogP) is 4.50. The summed E-state index contributed by atoms with van der Waals surface area (Å²) in [4.78, 5) is 27.0. The van der Waals surface area contributed by atoms with Gasteiger partial charge in [-0.25, -0.2) is 0 Å². The fourth-order valence-electron chi connectivity index (χ4n) is 2.26. The Balaban J connectivity index is 1.67. The van der Waals surface area contributed by atoms with Crippen molar-refractivity contribution in [3.05, 3.63) is 53.1 Å². The summed E-state index contributed by atoms with van der Waals surface area (Å²) in [7, 11) is 1.59. The van der Waals surface area contributed by atoms with E-state index in [1.807, 2.05) is 36.4 Å². The topological polar surface area (TPSA) is 59.8 Å². The minimum absolute atomic E-state index is 0.252. The van der Waals surface area contributed by atoms with Gasteiger partial charge < -0.3 is 9.15 Å². The van der Waals surface area contributed by atoms with E-state index in [2.05, 4.69) is 0 Å². The highest BCUT2D eigenvalue weighted by Crippen LogP contribution is 2.34. The molecule has 25 heavy (non-hydrogen) atoms. The molecule has 1 saturated heterocycles. The maximum Gasteiger partial charge on any atom is 0.293 e. The van der Waals surface area contributed by atoms with Crippen molar-refractivity contribution in [3.63, 3.8) is 0 Å². The van der Waals surface area contributed by atoms with Gasteiger partial charge in [0.1, 0.15) is 5.76 Å². The van der Waals surface area contributed by atoms with Crippen LogP contribution in [0.3, 0.4) is 0 Å². The number of imide groups is 1. The molecule has 2 heterocycles. The fraction of sp³-hybridized carbons (Fsp3) is 0.222. The van der Waals surface area contributed by atoms with Gasteiger partial charge in [0.2, 0.25) is 0 Å². The van der Waals surface area contributed by atoms with Crippen molar-refractivity contribution >= 4 is 40.7 Å². The Morgan fingerprint density at radius 1 is 1.20 bits per heavy atom. The smallest absolute Gasteiger partial charge is 0.293 e. The lowest BCUT2D eigenvalue weighted by molar-refractivity contribution is -0.122. The number of carbonyl (C=O) groups is 2. The number of ether oxygens (including phenoxy) is 1. The SMILES string of the molecule is COCCCN1C(=O)S/C(=C/c2ccc(Sc3ccccc3)o2)C1=O. The number of rotatable bonds is 7. The van der Waals surface area contributed by atoms with E-state index in [1.54, 1.807) is 19.3 Å². The van der Waals surface area contributed by atoms with Gasteiger partial charge in [-0.15, -0.1) is 0 Å². The normalized spacial score (nSPS) is 16.2. The molecule has 7 heteroatoms. The highest BCUT2D eigenvalue weighted by Gasteiger charge is 2.34. The van der Waals surface area contributed by atoms with Crippen LogP contribution in [0.15, 0.2) is 61.8 Å². The second kappa shape index (κ2) is 8.42. The number of nitrogens with zero attached hydrogens (tertiary/aromatic N) is 1. The van der Waals surface area contributed by atoms with Crippen LogP contribution in [0.2, 0.25) is 0 Å². The van der Waals surface area contributed by atoms with E-state index in [1.165, 1.54) is 16.7 Å². The number of amides is 2. The number of hydrogen-bond acceptors (Lipinski definition) is 6. The Morgan fingerprint density at radius 2 is 2.00 bits per heavy atom. The van der Waals surface area contributed by atoms with Crippen LogP contribution in [0.4, 0.5) is 4.79 Å². The second-order valence-corrected chi connectivity index (χ2v) is 7.32. The van der Waals surface area contributed by atoms with Gasteiger partial charge in [-0.1, -0.05) is 30.0 Å². The van der Waals surface area contributed by atoms with Gasteiger partial charge in [0.25, 0.3) is 11.1 Å². The molecule has 0 N–H and O–H groups in total. The van der Waals surface area contributed by atoms with Crippen molar-refractivity contribution in [2.75, 3.05) is 20.3 Å². The predicted molar refractivity (Wildman–Crippen MR) is 98.4 cm³/mol. The fourth-order valence-corrected chi connectivity index (χ4v) is 3.91. The summed E-state index contributed by atoms with van der Waals surface area (Å²) in [6.45, 7) is 0.877. The average Bonchev–Trinajstić information content (AvgIpc) is 3.15. The molecule has 1 aliphatic rings. The molecule has 0 bridgehead atoms. The van der Waals surface area contributed by atoms with Gasteiger partial charge in [0.15, 0.2) is 5.09 Å². The molecule has 5 nitrogen and oxygen atoms in total. The Hall–Kier alpha value is -1.96. The molecule has 1 aliphatic heterocycles. The highest BCUT2D eigenvalue weighted by atomic mass is 32.2. The van der Waals surface area contributed by atoms with E-state index in [9.17, 15) is 9.59 Å². The maximum atomic E-state index is 12.3. The largest absolute Gasteiger partial charge is 0.450 e. The first kappa shape index (κ1) is 17.8. The molecule has 2 amide bonds. The number of benzene rings is 1. The van der Waals surface area contributed by atoms with Crippen molar-refractivity contribution in [2.24, 2.45) is 0 Å². The van der Waals surface area contributed by atoms with Crippen molar-refractivity contribution in [2.45, 2.75) is 16.4 Å². The maximum absolute atomic E-state index is 12.3. The van der Waals surface area contributed by atoms with E-state index in [4.69, 9.17) is 9.15 Å². The van der Waals surface area contributed by atoms with Crippen LogP contribution in [0.5, 0.6) is 0 Å². The van der Waals surface area contributed by atoms with Crippen LogP contribution >= 0.6 is 23.5 Å². The minimum atomic E-state index is -0.278. The van der Waals surface area contributed by atoms with E-state index >= 15 is 0 Å². The molecule has 0 saturated carbocycles. The van der Waals surface area contributed by atoms with Crippen molar-refractivity contribution < 1.29 is 18.7 Å². The number of thioether (sulfide) groups is 1. The van der Waals surface area contributed by atoms with Crippen LogP contribution in [0.25, 0.3) is 6.08 Å². The van der Waals surface area contributed by atoms with Gasteiger partial charge in [0.05, 0.1) is 4.91 Å². The zero-order chi connectivity index (χ0) is 17.6. The Morgan fingerprint density at radius 3 is 2.76 bits per heavy atom. The van der Waals surface area contributed by atoms with E-state index in [0.717, 1.165) is 21.7 Å². The van der Waals surface area contributed by atoms with Gasteiger partial charge >= 0.3 is 0 Å². The number of furan rings is 1. The van der Waals surface area contributed by atoms with Crippen LogP contribution < -0.4 is 0 Å². The lowest BCUT2D eigenvalue weighted by Crippen LogP contribution is -2.29. The van der Waals surface area contributed by atoms with Crippen molar-refractivity contribution in [1.29, 1.82) is 0 Å². The summed E-state index contributed by atoms with van der Waals surface area (Å²) in [5.41, 5.74) is 0. The number of hydrogen-bond donors (Lipinski definition) is 0. The van der Waals surface area contributed by atoms with Gasteiger partial charge in [-0.2, -0.15) is 0 Å². The van der Waals surface area contributed by atoms with E-state index < -0.39 is 0 Å². The molecule has 0 atom stereocenters. The molecule has 1 aromatic carbocycles. The summed E-state index contributed by atoms with van der Waals surface area (Å²) < 4.78 is 10.7. The summed E-state index contributed by atoms with van der Waals surface area (Å²) in [6.07, 6.45) is 2.25. The first-order valence-electron chi connectivity index (χ1n) is 7.74. The third-order valence-electron chi connectivity index (χ3n) is 3.44. The Kier molecular flexibility index (Phi) is 6.01. The molecular weight excluding hydrogens is 358 g/mol. The summed E-state index contributed by atoms with van der Waals surface area (Å²) in [5.74, 6) is 0.278. The van der Waals surface area contributed by atoms with E-state index in [-0.39, 0.29) is 11.1 Å². The van der Waals surface area contributed by atoms with Crippen LogP contribution in [0, 0.1) is 0 Å². The Labute approximate surface area is 154 Å². The summed E-state index contributed by atoms with van der Waals surface area (Å²) in [5, 5.41) is 0.481. The quantitative estimate of drug-likeness (QED) is 0.524. The van der Waals surface area contributed by atoms with Crippen molar-refractivity contribution in [1.82, 2.24) is 4.90 Å². The molecule has 1 aromatic heterocycles. The highest BCUT2D eigenvalue weighted by molar-refractivity contribution is 8.18. The standard InChI is InChI=1S/C18H17NO4S2/c1-22-11-5-10-19-17(20)15(25-18(19)21)12-13-8-9-16(23-13)24-14-6-3-2-4-7-14/h2-4,6-9,12H,5,10-11H2,1H3/b15-12+. The number of carbonyl (C=O) groups excluding carboxylic acids is 2. The third-order valence-corrected chi connectivity index (χ3v) is 5.28. The zero-order valence-electron chi connectivity index (χ0n) is 13.6. The molecule has 3 rings (SSSR count). The second-order valence-electron chi connectivity index (χ2n) is 5.25. The van der Waals surface area contributed by atoms with Crippen LogP contribution in [0.1, 0.15) is 12.2 Å². The molecule has 0 spiro atoms. The molecule has 0 radical (unpaired) electrons. The Bertz CT molecular complexity index is 785. The summed E-state index contributed by atoms with van der Waals surface area (Å²) >= 11 is 2.44. The molecule has 2 aromatic rings. The lowest BCUT2D eigenvalue weighted by Gasteiger charge is -2.11. The first-order chi connectivity index (χ1) is 12.2. The molecule has 0 aliphatic carbocycles. The molecule has 0 unspecified atom stereocenters. The molecule has 1 fully saturated rings. The first-order valence-corrected chi connectivity index (χ1v) is 9.38. The van der Waals surface area contributed by atoms with Gasteiger partial charge in [0, 0.05) is 31.2 Å². The summed E-state index contributed by atoms with van der Waals surface area (Å²) in [6, 6.07) is 13.5. The lowest BCUT2D eigenvalue weighted by atomic mass is 10.3. The van der Waals surface area contributed by atoms with E-state index in [0.29, 0.717) is 30.2 Å². The minimum Gasteiger partial charge on any atom is -0.450 e. The zero-order valence-corrected chi connectivity index (χ0v) is 15.3. The van der Waals surface area contributed by atoms with Crippen LogP contribution in [-0.2, 0) is 9.53 Å². The monoisotopic (exact) mass is 375 g/mol. The average molecular weight is 375 g/mol. The van der Waals surface area contributed by atoms with Crippen LogP contribution in [-0.4, -0.2) is 36.3 Å². The number of methoxy groups -OCH3 is 1. The molecular formula is C18H17NO4S2. The van der Waals surface area contributed by atoms with Crippen molar-refractivity contribution in [3.8, 4) is 0 Å². The molecule has 130 valence electrons.